The molecule has 150 valence electrons. The quantitative estimate of drug-likeness (QED) is 0.697. The molecule has 0 aliphatic carbocycles. The van der Waals surface area contributed by atoms with Gasteiger partial charge in [0.1, 0.15) is 0 Å². The zero-order chi connectivity index (χ0) is 17.4. The molecular formula is C19H33Cl2N3O2. The van der Waals surface area contributed by atoms with Gasteiger partial charge in [-0.2, -0.15) is 0 Å². The van der Waals surface area contributed by atoms with Crippen molar-refractivity contribution >= 4 is 30.7 Å². The largest absolute Gasteiger partial charge is 0.384 e. The number of hydrogen-bond acceptors (Lipinski definition) is 4. The summed E-state index contributed by atoms with van der Waals surface area (Å²) in [5.74, 6) is 0.113. The zero-order valence-corrected chi connectivity index (χ0v) is 17.7. The Labute approximate surface area is 170 Å². The molecular weight excluding hydrogens is 373 g/mol. The smallest absolute Gasteiger partial charge is 0.228 e. The van der Waals surface area contributed by atoms with E-state index < -0.39 is 0 Å². The molecule has 0 spiro atoms. The molecule has 1 aromatic carbocycles. The van der Waals surface area contributed by atoms with Crippen LogP contribution < -0.4 is 10.6 Å². The highest BCUT2D eigenvalue weighted by Crippen LogP contribution is 2.29. The highest BCUT2D eigenvalue weighted by molar-refractivity contribution is 5.85. The molecule has 1 fully saturated rings. The van der Waals surface area contributed by atoms with Crippen molar-refractivity contribution in [3.8, 4) is 0 Å². The molecule has 0 aromatic heterocycles. The fraction of sp³-hybridized carbons (Fsp3) is 0.632. The Morgan fingerprint density at radius 3 is 2.54 bits per heavy atom. The molecule has 0 radical (unpaired) electrons. The standard InChI is InChI=1S/C19H31N3O2.2ClH/c1-4-22(2)14-17-7-5-6-16(12-17)13-21-18(23)19(15-24-3)8-10-20-11-9-19;;/h5-7,12,20H,4,8-11,13-15H2,1-3H3,(H,21,23);2*1H. The van der Waals surface area contributed by atoms with Gasteiger partial charge >= 0.3 is 0 Å². The van der Waals surface area contributed by atoms with Crippen molar-refractivity contribution in [3.05, 3.63) is 35.4 Å². The van der Waals surface area contributed by atoms with E-state index in [1.807, 2.05) is 0 Å². The summed E-state index contributed by atoms with van der Waals surface area (Å²) in [5.41, 5.74) is 2.03. The number of carbonyl (C=O) groups excluding carboxylic acids is 1. The summed E-state index contributed by atoms with van der Waals surface area (Å²) in [5, 5.41) is 6.45. The third-order valence-corrected chi connectivity index (χ3v) is 4.90. The Morgan fingerprint density at radius 2 is 1.92 bits per heavy atom. The number of nitrogens with zero attached hydrogens (tertiary/aromatic N) is 1. The fourth-order valence-corrected chi connectivity index (χ4v) is 3.25. The van der Waals surface area contributed by atoms with Crippen molar-refractivity contribution in [1.82, 2.24) is 15.5 Å². The van der Waals surface area contributed by atoms with E-state index >= 15 is 0 Å². The van der Waals surface area contributed by atoms with Gasteiger partial charge < -0.3 is 20.3 Å². The van der Waals surface area contributed by atoms with Crippen LogP contribution in [-0.4, -0.2) is 51.2 Å². The monoisotopic (exact) mass is 405 g/mol. The number of methoxy groups -OCH3 is 1. The van der Waals surface area contributed by atoms with Gasteiger partial charge in [-0.15, -0.1) is 24.8 Å². The summed E-state index contributed by atoms with van der Waals surface area (Å²) in [6.45, 7) is 6.90. The van der Waals surface area contributed by atoms with Crippen molar-refractivity contribution < 1.29 is 9.53 Å². The molecule has 0 unspecified atom stereocenters. The minimum atomic E-state index is -0.389. The molecule has 1 heterocycles. The molecule has 2 N–H and O–H groups in total. The third-order valence-electron chi connectivity index (χ3n) is 4.90. The Morgan fingerprint density at radius 1 is 1.27 bits per heavy atom. The Hall–Kier alpha value is -0.850. The van der Waals surface area contributed by atoms with Crippen molar-refractivity contribution in [2.75, 3.05) is 40.4 Å². The first-order valence-corrected chi connectivity index (χ1v) is 8.84. The van der Waals surface area contributed by atoms with Gasteiger partial charge in [0.05, 0.1) is 12.0 Å². The fourth-order valence-electron chi connectivity index (χ4n) is 3.25. The maximum atomic E-state index is 12.8. The lowest BCUT2D eigenvalue weighted by Gasteiger charge is -2.35. The second kappa shape index (κ2) is 12.5. The second-order valence-corrected chi connectivity index (χ2v) is 6.80. The number of carbonyl (C=O) groups is 1. The highest BCUT2D eigenvalue weighted by Gasteiger charge is 2.39. The molecule has 26 heavy (non-hydrogen) atoms. The maximum absolute atomic E-state index is 12.8. The van der Waals surface area contributed by atoms with Crippen molar-refractivity contribution in [1.29, 1.82) is 0 Å². The number of hydrogen-bond donors (Lipinski definition) is 2. The molecule has 0 bridgehead atoms. The lowest BCUT2D eigenvalue weighted by Crippen LogP contribution is -2.49. The number of nitrogens with one attached hydrogen (secondary N) is 2. The van der Waals surface area contributed by atoms with Crippen LogP contribution in [0.15, 0.2) is 24.3 Å². The second-order valence-electron chi connectivity index (χ2n) is 6.80. The predicted molar refractivity (Wildman–Crippen MR) is 111 cm³/mol. The van der Waals surface area contributed by atoms with E-state index in [9.17, 15) is 4.79 Å². The van der Waals surface area contributed by atoms with Crippen molar-refractivity contribution in [2.24, 2.45) is 5.41 Å². The normalized spacial score (nSPS) is 15.7. The molecule has 5 nitrogen and oxygen atoms in total. The maximum Gasteiger partial charge on any atom is 0.228 e. The van der Waals surface area contributed by atoms with E-state index in [0.717, 1.165) is 44.6 Å². The van der Waals surface area contributed by atoms with Crippen LogP contribution >= 0.6 is 24.8 Å². The molecule has 1 saturated heterocycles. The van der Waals surface area contributed by atoms with Crippen LogP contribution in [0.4, 0.5) is 0 Å². The first-order valence-electron chi connectivity index (χ1n) is 8.84. The van der Waals surface area contributed by atoms with Gasteiger partial charge in [0, 0.05) is 20.2 Å². The Balaban J connectivity index is 0.00000312. The number of piperidine rings is 1. The highest BCUT2D eigenvalue weighted by atomic mass is 35.5. The van der Waals surface area contributed by atoms with Crippen LogP contribution in [0.2, 0.25) is 0 Å². The molecule has 0 atom stereocenters. The van der Waals surface area contributed by atoms with Gasteiger partial charge in [-0.05, 0) is 50.7 Å². The summed E-state index contributed by atoms with van der Waals surface area (Å²) in [6.07, 6.45) is 1.65. The summed E-state index contributed by atoms with van der Waals surface area (Å²) in [6, 6.07) is 8.45. The van der Waals surface area contributed by atoms with Gasteiger partial charge in [0.25, 0.3) is 0 Å². The van der Waals surface area contributed by atoms with Crippen LogP contribution in [0.25, 0.3) is 0 Å². The predicted octanol–water partition coefficient (Wildman–Crippen LogP) is 2.61. The zero-order valence-electron chi connectivity index (χ0n) is 16.0. The topological polar surface area (TPSA) is 53.6 Å². The molecule has 1 amide bonds. The summed E-state index contributed by atoms with van der Waals surface area (Å²) in [4.78, 5) is 15.0. The lowest BCUT2D eigenvalue weighted by molar-refractivity contribution is -0.136. The van der Waals surface area contributed by atoms with E-state index in [2.05, 4.69) is 53.8 Å². The molecule has 1 aliphatic rings. The first-order chi connectivity index (χ1) is 11.6. The van der Waals surface area contributed by atoms with Crippen molar-refractivity contribution in [3.63, 3.8) is 0 Å². The molecule has 1 aliphatic heterocycles. The Bertz CT molecular complexity index is 532. The van der Waals surface area contributed by atoms with Crippen molar-refractivity contribution in [2.45, 2.75) is 32.9 Å². The van der Waals surface area contributed by atoms with Crippen LogP contribution in [0.5, 0.6) is 0 Å². The summed E-state index contributed by atoms with van der Waals surface area (Å²) < 4.78 is 5.34. The minimum Gasteiger partial charge on any atom is -0.384 e. The average Bonchev–Trinajstić information content (AvgIpc) is 2.61. The first kappa shape index (κ1) is 25.1. The molecule has 2 rings (SSSR count). The van der Waals surface area contributed by atoms with E-state index in [-0.39, 0.29) is 36.1 Å². The van der Waals surface area contributed by atoms with Gasteiger partial charge in [-0.25, -0.2) is 0 Å². The molecule has 0 saturated carbocycles. The molecule has 1 aromatic rings. The third kappa shape index (κ3) is 7.05. The van der Waals surface area contributed by atoms with E-state index in [1.165, 1.54) is 5.56 Å². The number of rotatable bonds is 8. The van der Waals surface area contributed by atoms with Crippen LogP contribution in [0.3, 0.4) is 0 Å². The minimum absolute atomic E-state index is 0. The number of benzene rings is 1. The van der Waals surface area contributed by atoms with Crippen LogP contribution in [0.1, 0.15) is 30.9 Å². The van der Waals surface area contributed by atoms with E-state index in [1.54, 1.807) is 7.11 Å². The summed E-state index contributed by atoms with van der Waals surface area (Å²) in [7, 11) is 3.78. The number of amides is 1. The lowest BCUT2D eigenvalue weighted by atomic mass is 9.78. The summed E-state index contributed by atoms with van der Waals surface area (Å²) >= 11 is 0. The average molecular weight is 406 g/mol. The van der Waals surface area contributed by atoms with Gasteiger partial charge in [-0.3, -0.25) is 4.79 Å². The Kier molecular flexibility index (Phi) is 12.1. The van der Waals surface area contributed by atoms with Gasteiger partial charge in [-0.1, -0.05) is 31.2 Å². The number of ether oxygens (including phenoxy) is 1. The van der Waals surface area contributed by atoms with Crippen LogP contribution in [-0.2, 0) is 22.6 Å². The van der Waals surface area contributed by atoms with E-state index in [4.69, 9.17) is 4.74 Å². The van der Waals surface area contributed by atoms with Gasteiger partial charge in [0.2, 0.25) is 5.91 Å². The van der Waals surface area contributed by atoms with Gasteiger partial charge in [0.15, 0.2) is 0 Å². The van der Waals surface area contributed by atoms with E-state index in [0.29, 0.717) is 13.2 Å². The number of halogens is 2. The molecule has 7 heteroatoms. The SMILES string of the molecule is CCN(C)Cc1cccc(CNC(=O)C2(COC)CCNCC2)c1.Cl.Cl. The van der Waals surface area contributed by atoms with Crippen LogP contribution in [0, 0.1) is 5.41 Å².